The summed E-state index contributed by atoms with van der Waals surface area (Å²) in [4.78, 5) is 33.2. The van der Waals surface area contributed by atoms with Gasteiger partial charge in [0, 0.05) is 38.4 Å². The topological polar surface area (TPSA) is 101 Å². The van der Waals surface area contributed by atoms with E-state index in [1.165, 1.54) is 10.7 Å². The summed E-state index contributed by atoms with van der Waals surface area (Å²) >= 11 is 0. The maximum Gasteiger partial charge on any atom is 0.413 e. The highest BCUT2D eigenvalue weighted by molar-refractivity contribution is 6.36. The molecule has 1 saturated heterocycles. The number of nitrogens with zero attached hydrogens (tertiary/aromatic N) is 5. The fourth-order valence-corrected chi connectivity index (χ4v) is 3.28. The number of amides is 2. The molecule has 0 aliphatic carbocycles. The van der Waals surface area contributed by atoms with Gasteiger partial charge in [-0.15, -0.1) is 0 Å². The van der Waals surface area contributed by atoms with Gasteiger partial charge >= 0.3 is 12.2 Å². The van der Waals surface area contributed by atoms with Crippen LogP contribution in [0.5, 0.6) is 0 Å². The molecule has 3 heterocycles. The molecule has 0 spiro atoms. The number of hydrogen-bond donors (Lipinski definition) is 1. The summed E-state index contributed by atoms with van der Waals surface area (Å²) in [6.45, 7) is 13.2. The lowest BCUT2D eigenvalue weighted by molar-refractivity contribution is 0.0263. The maximum atomic E-state index is 12.5. The van der Waals surface area contributed by atoms with Crippen LogP contribution in [-0.4, -0.2) is 76.9 Å². The number of fused-ring (bicyclic) bond motifs is 1. The van der Waals surface area contributed by atoms with Crippen LogP contribution in [0.2, 0.25) is 0 Å². The lowest BCUT2D eigenvalue weighted by Gasteiger charge is -2.27. The van der Waals surface area contributed by atoms with E-state index in [2.05, 4.69) is 20.3 Å². The molecule has 0 unspecified atom stereocenters. The van der Waals surface area contributed by atoms with E-state index < -0.39 is 17.3 Å². The minimum atomic E-state index is -0.641. The minimum Gasteiger partial charge on any atom is -0.444 e. The molecule has 2 radical (unpaired) electrons. The fraction of sp³-hybridized carbons (Fsp3) is 0.619. The second kappa shape index (κ2) is 8.87. The van der Waals surface area contributed by atoms with Crippen molar-refractivity contribution in [3.63, 3.8) is 0 Å². The summed E-state index contributed by atoms with van der Waals surface area (Å²) in [5, 5.41) is 6.95. The molecule has 2 aromatic rings. The molecule has 10 nitrogen and oxygen atoms in total. The van der Waals surface area contributed by atoms with E-state index in [0.29, 0.717) is 48.9 Å². The number of anilines is 2. The van der Waals surface area contributed by atoms with E-state index in [0.717, 1.165) is 6.42 Å². The van der Waals surface area contributed by atoms with Gasteiger partial charge in [-0.05, 0) is 53.4 Å². The van der Waals surface area contributed by atoms with E-state index in [4.69, 9.17) is 17.3 Å². The van der Waals surface area contributed by atoms with Crippen molar-refractivity contribution < 1.29 is 19.1 Å². The Hall–Kier alpha value is -2.98. The predicted octanol–water partition coefficient (Wildman–Crippen LogP) is 2.32. The molecule has 2 aromatic heterocycles. The van der Waals surface area contributed by atoms with Crippen molar-refractivity contribution in [3.05, 3.63) is 12.3 Å². The van der Waals surface area contributed by atoms with Crippen molar-refractivity contribution in [1.29, 1.82) is 0 Å². The summed E-state index contributed by atoms with van der Waals surface area (Å²) in [7, 11) is 6.05. The van der Waals surface area contributed by atoms with Gasteiger partial charge in [-0.25, -0.2) is 14.6 Å². The molecule has 1 fully saturated rings. The number of carbonyl (C=O) groups is 2. The molecule has 32 heavy (non-hydrogen) atoms. The van der Waals surface area contributed by atoms with Crippen molar-refractivity contribution in [2.24, 2.45) is 0 Å². The molecule has 0 aromatic carbocycles. The average Bonchev–Trinajstić information content (AvgIpc) is 2.86. The Bertz CT molecular complexity index is 995. The van der Waals surface area contributed by atoms with Crippen LogP contribution in [0.25, 0.3) is 5.65 Å². The standard InChI is InChI=1S/C21H31BN6O4/c1-20(2,3)31-18(29)25-16-12-15(24-17-14(22)13-23-28(16)17)26-8-7-9-27(11-10-26)19(30)32-21(4,5)6/h12-13H,7-11H2,1-6H3,(H,25,29). The number of ether oxygens (including phenoxy) is 2. The molecular weight excluding hydrogens is 411 g/mol. The molecular formula is C21H31BN6O4. The normalized spacial score (nSPS) is 15.4. The first-order chi connectivity index (χ1) is 14.8. The first kappa shape index (κ1) is 23.7. The van der Waals surface area contributed by atoms with Crippen LogP contribution >= 0.6 is 0 Å². The first-order valence-electron chi connectivity index (χ1n) is 10.7. The second-order valence-corrected chi connectivity index (χ2v) is 9.77. The molecule has 1 N–H and O–H groups in total. The fourth-order valence-electron chi connectivity index (χ4n) is 3.28. The molecule has 1 aliphatic rings. The van der Waals surface area contributed by atoms with Crippen molar-refractivity contribution in [2.45, 2.75) is 59.2 Å². The molecule has 0 saturated carbocycles. The number of rotatable bonds is 2. The zero-order valence-corrected chi connectivity index (χ0v) is 19.6. The van der Waals surface area contributed by atoms with Gasteiger partial charge in [0.15, 0.2) is 5.65 Å². The molecule has 0 atom stereocenters. The van der Waals surface area contributed by atoms with Gasteiger partial charge < -0.3 is 19.3 Å². The van der Waals surface area contributed by atoms with Crippen LogP contribution < -0.4 is 15.7 Å². The molecule has 172 valence electrons. The first-order valence-corrected chi connectivity index (χ1v) is 10.7. The Morgan fingerprint density at radius 1 is 1.03 bits per heavy atom. The van der Waals surface area contributed by atoms with Crippen molar-refractivity contribution in [3.8, 4) is 0 Å². The van der Waals surface area contributed by atoms with Crippen LogP contribution in [0, 0.1) is 0 Å². The molecule has 11 heteroatoms. The zero-order valence-electron chi connectivity index (χ0n) is 19.6. The maximum absolute atomic E-state index is 12.5. The summed E-state index contributed by atoms with van der Waals surface area (Å²) in [5.41, 5.74) is -0.360. The highest BCUT2D eigenvalue weighted by Gasteiger charge is 2.26. The van der Waals surface area contributed by atoms with Gasteiger partial charge in [-0.1, -0.05) is 0 Å². The smallest absolute Gasteiger partial charge is 0.413 e. The molecule has 3 rings (SSSR count). The summed E-state index contributed by atoms with van der Waals surface area (Å²) < 4.78 is 12.3. The van der Waals surface area contributed by atoms with E-state index in [9.17, 15) is 9.59 Å². The highest BCUT2D eigenvalue weighted by Crippen LogP contribution is 2.21. The predicted molar refractivity (Wildman–Crippen MR) is 123 cm³/mol. The monoisotopic (exact) mass is 442 g/mol. The Kier molecular flexibility index (Phi) is 6.57. The largest absolute Gasteiger partial charge is 0.444 e. The number of nitrogens with one attached hydrogen (secondary N) is 1. The van der Waals surface area contributed by atoms with Crippen LogP contribution in [0.1, 0.15) is 48.0 Å². The lowest BCUT2D eigenvalue weighted by Crippen LogP contribution is -2.39. The Labute approximate surface area is 189 Å². The Morgan fingerprint density at radius 2 is 1.72 bits per heavy atom. The van der Waals surface area contributed by atoms with Gasteiger partial charge in [-0.2, -0.15) is 9.61 Å². The quantitative estimate of drug-likeness (QED) is 0.713. The SMILES string of the molecule is [B]c1cnn2c(NC(=O)OC(C)(C)C)cc(N3CCCN(C(=O)OC(C)(C)C)CC3)nc12. The number of carbonyl (C=O) groups excluding carboxylic acids is 2. The van der Waals surface area contributed by atoms with E-state index >= 15 is 0 Å². The van der Waals surface area contributed by atoms with Gasteiger partial charge in [-0.3, -0.25) is 5.32 Å². The third kappa shape index (κ3) is 6.05. The van der Waals surface area contributed by atoms with Gasteiger partial charge in [0.25, 0.3) is 0 Å². The van der Waals surface area contributed by atoms with E-state index in [-0.39, 0.29) is 6.09 Å². The zero-order chi connectivity index (χ0) is 23.7. The van der Waals surface area contributed by atoms with Crippen molar-refractivity contribution >= 4 is 42.8 Å². The van der Waals surface area contributed by atoms with Gasteiger partial charge in [0.05, 0.1) is 0 Å². The van der Waals surface area contributed by atoms with Gasteiger partial charge in [0.1, 0.15) is 30.7 Å². The Balaban J connectivity index is 1.82. The molecule has 0 bridgehead atoms. The van der Waals surface area contributed by atoms with Crippen molar-refractivity contribution in [1.82, 2.24) is 19.5 Å². The third-order valence-electron chi connectivity index (χ3n) is 4.59. The molecule has 2 amide bonds. The second-order valence-electron chi connectivity index (χ2n) is 9.77. The van der Waals surface area contributed by atoms with Crippen LogP contribution in [0.4, 0.5) is 21.2 Å². The summed E-state index contributed by atoms with van der Waals surface area (Å²) in [6.07, 6.45) is 1.31. The van der Waals surface area contributed by atoms with Crippen LogP contribution in [0.3, 0.4) is 0 Å². The highest BCUT2D eigenvalue weighted by atomic mass is 16.6. The van der Waals surface area contributed by atoms with Crippen molar-refractivity contribution in [2.75, 3.05) is 36.4 Å². The summed E-state index contributed by atoms with van der Waals surface area (Å²) in [5.74, 6) is 1.02. The van der Waals surface area contributed by atoms with E-state index in [1.54, 1.807) is 31.7 Å². The van der Waals surface area contributed by atoms with E-state index in [1.807, 2.05) is 20.8 Å². The molecule has 1 aliphatic heterocycles. The minimum absolute atomic E-state index is 0.324. The average molecular weight is 442 g/mol. The Morgan fingerprint density at radius 3 is 2.38 bits per heavy atom. The van der Waals surface area contributed by atoms with Crippen LogP contribution in [-0.2, 0) is 9.47 Å². The lowest BCUT2D eigenvalue weighted by atomic mass is 10.0. The summed E-state index contributed by atoms with van der Waals surface area (Å²) in [6, 6.07) is 1.73. The third-order valence-corrected chi connectivity index (χ3v) is 4.59. The number of aromatic nitrogens is 3. The number of hydrogen-bond acceptors (Lipinski definition) is 7. The van der Waals surface area contributed by atoms with Gasteiger partial charge in [0.2, 0.25) is 0 Å². The van der Waals surface area contributed by atoms with Crippen LogP contribution in [0.15, 0.2) is 12.3 Å².